The summed E-state index contributed by atoms with van der Waals surface area (Å²) in [5.74, 6) is -1.04. The quantitative estimate of drug-likeness (QED) is 0.176. The predicted molar refractivity (Wildman–Crippen MR) is 181 cm³/mol. The average molecular weight is 643 g/mol. The zero-order valence-corrected chi connectivity index (χ0v) is 26.5. The average Bonchev–Trinajstić information content (AvgIpc) is 3.47. The molecule has 10 heteroatoms. The number of hydrogen-bond acceptors (Lipinski definition) is 7. The molecule has 242 valence electrons. The highest BCUT2D eigenvalue weighted by atomic mass is 16.5. The molecule has 48 heavy (non-hydrogen) atoms. The largest absolute Gasteiger partial charge is 0.459 e. The molecule has 0 bridgehead atoms. The van der Waals surface area contributed by atoms with E-state index in [0.29, 0.717) is 27.4 Å². The number of para-hydroxylation sites is 2. The van der Waals surface area contributed by atoms with E-state index in [4.69, 9.17) is 9.47 Å². The lowest BCUT2D eigenvalue weighted by atomic mass is 10.0. The fourth-order valence-electron chi connectivity index (χ4n) is 5.58. The molecule has 0 radical (unpaired) electrons. The first-order valence-electron chi connectivity index (χ1n) is 15.5. The number of fused-ring (bicyclic) bond motifs is 2. The molecule has 2 heterocycles. The van der Waals surface area contributed by atoms with E-state index < -0.39 is 29.6 Å². The molecule has 1 amide bonds. The van der Waals surface area contributed by atoms with E-state index in [1.807, 2.05) is 72.8 Å². The number of rotatable bonds is 10. The SMILES string of the molecule is CC(C)(NC(=O)OCc1ccccc1)C(=O)n1cc(CC(C(=O)OCc2ccccc2)n2cnc3ccccc3c2=O)c2ccccc21. The number of carbonyl (C=O) groups excluding carboxylic acids is 3. The lowest BCUT2D eigenvalue weighted by Gasteiger charge is -2.25. The molecule has 6 rings (SSSR count). The summed E-state index contributed by atoms with van der Waals surface area (Å²) in [5.41, 5.74) is 1.58. The number of carbonyl (C=O) groups is 3. The first-order chi connectivity index (χ1) is 23.2. The number of benzene rings is 4. The van der Waals surface area contributed by atoms with Crippen molar-refractivity contribution in [2.45, 2.75) is 45.1 Å². The van der Waals surface area contributed by atoms with Gasteiger partial charge in [0.2, 0.25) is 0 Å². The zero-order chi connectivity index (χ0) is 33.7. The first-order valence-corrected chi connectivity index (χ1v) is 15.5. The van der Waals surface area contributed by atoms with Crippen LogP contribution in [0, 0.1) is 0 Å². The van der Waals surface area contributed by atoms with Crippen molar-refractivity contribution in [2.24, 2.45) is 0 Å². The maximum atomic E-state index is 14.0. The predicted octanol–water partition coefficient (Wildman–Crippen LogP) is 6.22. The van der Waals surface area contributed by atoms with Gasteiger partial charge in [0.15, 0.2) is 0 Å². The number of alkyl carbamates (subject to hydrolysis) is 1. The Kier molecular flexibility index (Phi) is 9.15. The second-order valence-corrected chi connectivity index (χ2v) is 11.9. The molecule has 0 saturated heterocycles. The van der Waals surface area contributed by atoms with E-state index in [1.165, 1.54) is 15.5 Å². The fourth-order valence-corrected chi connectivity index (χ4v) is 5.58. The minimum absolute atomic E-state index is 0.0202. The van der Waals surface area contributed by atoms with Gasteiger partial charge in [0.25, 0.3) is 11.5 Å². The van der Waals surface area contributed by atoms with Gasteiger partial charge in [0, 0.05) is 18.0 Å². The molecule has 4 aromatic carbocycles. The van der Waals surface area contributed by atoms with Crippen LogP contribution in [0.3, 0.4) is 0 Å². The Morgan fingerprint density at radius 3 is 2.04 bits per heavy atom. The molecule has 10 nitrogen and oxygen atoms in total. The minimum Gasteiger partial charge on any atom is -0.459 e. The van der Waals surface area contributed by atoms with Gasteiger partial charge in [-0.3, -0.25) is 18.7 Å². The van der Waals surface area contributed by atoms with Gasteiger partial charge in [-0.25, -0.2) is 14.6 Å². The number of amides is 1. The summed E-state index contributed by atoms with van der Waals surface area (Å²) in [6.07, 6.45) is 2.29. The molecule has 0 aliphatic heterocycles. The van der Waals surface area contributed by atoms with Crippen molar-refractivity contribution in [1.29, 1.82) is 0 Å². The maximum Gasteiger partial charge on any atom is 0.408 e. The molecule has 0 aliphatic carbocycles. The number of nitrogens with zero attached hydrogens (tertiary/aromatic N) is 3. The first kappa shape index (κ1) is 31.9. The Hall–Kier alpha value is -6.03. The van der Waals surface area contributed by atoms with Crippen molar-refractivity contribution in [3.8, 4) is 0 Å². The van der Waals surface area contributed by atoms with E-state index in [0.717, 1.165) is 11.1 Å². The molecule has 1 atom stereocenters. The number of ether oxygens (including phenoxy) is 2. The van der Waals surface area contributed by atoms with Crippen LogP contribution in [0.15, 0.2) is 127 Å². The van der Waals surface area contributed by atoms with Crippen molar-refractivity contribution >= 4 is 39.8 Å². The van der Waals surface area contributed by atoms with Crippen LogP contribution in [0.2, 0.25) is 0 Å². The van der Waals surface area contributed by atoms with Gasteiger partial charge in [-0.2, -0.15) is 0 Å². The molecule has 1 N–H and O–H groups in total. The summed E-state index contributed by atoms with van der Waals surface area (Å²) in [4.78, 5) is 58.6. The zero-order valence-electron chi connectivity index (χ0n) is 26.5. The molecule has 0 fully saturated rings. The Balaban J connectivity index is 1.31. The maximum absolute atomic E-state index is 14.0. The number of hydrogen-bond donors (Lipinski definition) is 1. The van der Waals surface area contributed by atoms with E-state index in [2.05, 4.69) is 10.3 Å². The van der Waals surface area contributed by atoms with Crippen LogP contribution < -0.4 is 10.9 Å². The molecule has 0 saturated carbocycles. The van der Waals surface area contributed by atoms with Crippen molar-refractivity contribution in [2.75, 3.05) is 0 Å². The summed E-state index contributed by atoms with van der Waals surface area (Å²) >= 11 is 0. The molecule has 2 aromatic heterocycles. The Bertz CT molecular complexity index is 2150. The van der Waals surface area contributed by atoms with E-state index >= 15 is 0 Å². The van der Waals surface area contributed by atoms with E-state index in [9.17, 15) is 19.2 Å². The second-order valence-electron chi connectivity index (χ2n) is 11.9. The Morgan fingerprint density at radius 1 is 0.771 bits per heavy atom. The van der Waals surface area contributed by atoms with Crippen molar-refractivity contribution < 1.29 is 23.9 Å². The molecule has 6 aromatic rings. The monoisotopic (exact) mass is 642 g/mol. The molecular weight excluding hydrogens is 608 g/mol. The van der Waals surface area contributed by atoms with Crippen molar-refractivity contribution in [3.05, 3.63) is 149 Å². The standard InChI is InChI=1S/C38H34N4O6/c1-38(2,40-37(46)48-24-27-15-7-4-8-16-27)36(45)41-22-28(29-17-10-12-20-32(29)41)21-33(35(44)47-23-26-13-5-3-6-14-26)42-25-39-31-19-11-9-18-30(31)34(42)43/h3-20,22,25,33H,21,23-24H2,1-2H3,(H,40,46). The normalized spacial score (nSPS) is 12.0. The van der Waals surface area contributed by atoms with Crippen molar-refractivity contribution in [3.63, 3.8) is 0 Å². The minimum atomic E-state index is -1.36. The Labute approximate surface area is 276 Å². The third kappa shape index (κ3) is 6.87. The van der Waals surface area contributed by atoms with Crippen LogP contribution in [0.4, 0.5) is 4.79 Å². The third-order valence-corrected chi connectivity index (χ3v) is 8.11. The van der Waals surface area contributed by atoms with Crippen LogP contribution in [-0.2, 0) is 33.9 Å². The highest BCUT2D eigenvalue weighted by molar-refractivity contribution is 5.99. The van der Waals surface area contributed by atoms with E-state index in [1.54, 1.807) is 56.4 Å². The van der Waals surface area contributed by atoms with Crippen molar-refractivity contribution in [1.82, 2.24) is 19.4 Å². The van der Waals surface area contributed by atoms with Gasteiger partial charge in [-0.1, -0.05) is 91.0 Å². The highest BCUT2D eigenvalue weighted by Gasteiger charge is 2.34. The summed E-state index contributed by atoms with van der Waals surface area (Å²) in [6.45, 7) is 3.26. The number of esters is 1. The number of nitrogens with one attached hydrogen (secondary N) is 1. The second kappa shape index (κ2) is 13.8. The van der Waals surface area contributed by atoms with Gasteiger partial charge in [0.1, 0.15) is 24.8 Å². The van der Waals surface area contributed by atoms with Crippen LogP contribution in [0.5, 0.6) is 0 Å². The summed E-state index contributed by atoms with van der Waals surface area (Å²) in [6, 6.07) is 31.6. The van der Waals surface area contributed by atoms with Crippen LogP contribution in [-0.4, -0.2) is 37.6 Å². The van der Waals surface area contributed by atoms with Gasteiger partial charge in [-0.05, 0) is 48.7 Å². The number of aromatic nitrogens is 3. The summed E-state index contributed by atoms with van der Waals surface area (Å²) < 4.78 is 13.9. The van der Waals surface area contributed by atoms with Crippen LogP contribution in [0.25, 0.3) is 21.8 Å². The topological polar surface area (TPSA) is 122 Å². The summed E-state index contributed by atoms with van der Waals surface area (Å²) in [7, 11) is 0. The molecule has 0 spiro atoms. The molecule has 1 unspecified atom stereocenters. The van der Waals surface area contributed by atoms with Gasteiger partial charge in [-0.15, -0.1) is 0 Å². The van der Waals surface area contributed by atoms with Crippen LogP contribution >= 0.6 is 0 Å². The lowest BCUT2D eigenvalue weighted by molar-refractivity contribution is -0.149. The smallest absolute Gasteiger partial charge is 0.408 e. The van der Waals surface area contributed by atoms with Gasteiger partial charge in [0.05, 0.1) is 22.7 Å². The van der Waals surface area contributed by atoms with Gasteiger partial charge >= 0.3 is 12.1 Å². The summed E-state index contributed by atoms with van der Waals surface area (Å²) in [5, 5.41) is 3.75. The van der Waals surface area contributed by atoms with Crippen LogP contribution in [0.1, 0.15) is 41.4 Å². The molecular formula is C38H34N4O6. The highest BCUT2D eigenvalue weighted by Crippen LogP contribution is 2.28. The lowest BCUT2D eigenvalue weighted by Crippen LogP contribution is -2.51. The fraction of sp³-hybridized carbons (Fsp3) is 0.184. The van der Waals surface area contributed by atoms with E-state index in [-0.39, 0.29) is 25.2 Å². The third-order valence-electron chi connectivity index (χ3n) is 8.11. The Morgan fingerprint density at radius 2 is 1.35 bits per heavy atom. The van der Waals surface area contributed by atoms with Gasteiger partial charge < -0.3 is 14.8 Å². The molecule has 0 aliphatic rings.